The van der Waals surface area contributed by atoms with Gasteiger partial charge in [-0.15, -0.1) is 0 Å². The van der Waals surface area contributed by atoms with Crippen molar-refractivity contribution in [3.8, 4) is 11.5 Å². The van der Waals surface area contributed by atoms with Gasteiger partial charge >= 0.3 is 0 Å². The maximum absolute atomic E-state index is 12.2. The van der Waals surface area contributed by atoms with Crippen LogP contribution in [0.15, 0.2) is 48.5 Å². The average Bonchev–Trinajstić information content (AvgIpc) is 2.61. The van der Waals surface area contributed by atoms with Crippen LogP contribution in [0.25, 0.3) is 0 Å². The molecule has 5 heteroatoms. The van der Waals surface area contributed by atoms with Crippen LogP contribution in [0.1, 0.15) is 6.42 Å². The Bertz CT molecular complexity index is 644. The number of carbonyl (C=O) groups is 1. The van der Waals surface area contributed by atoms with Crippen LogP contribution < -0.4 is 19.7 Å². The Balaban J connectivity index is 1.88. The maximum Gasteiger partial charge on any atom is 0.228 e. The topological polar surface area (TPSA) is 50.8 Å². The van der Waals surface area contributed by atoms with Gasteiger partial charge < -0.3 is 19.7 Å². The molecular formula is C18H22N2O3. The molecule has 0 heterocycles. The number of para-hydroxylation sites is 1. The van der Waals surface area contributed by atoms with Crippen LogP contribution in [0.2, 0.25) is 0 Å². The maximum atomic E-state index is 12.2. The highest BCUT2D eigenvalue weighted by atomic mass is 16.5. The summed E-state index contributed by atoms with van der Waals surface area (Å²) < 4.78 is 10.5. The molecule has 0 fully saturated rings. The highest BCUT2D eigenvalue weighted by Gasteiger charge is 2.10. The van der Waals surface area contributed by atoms with Gasteiger partial charge in [-0.05, 0) is 24.3 Å². The molecule has 2 rings (SSSR count). The van der Waals surface area contributed by atoms with E-state index in [2.05, 4.69) is 5.32 Å². The van der Waals surface area contributed by atoms with Gasteiger partial charge in [-0.3, -0.25) is 4.79 Å². The Morgan fingerprint density at radius 1 is 1.04 bits per heavy atom. The highest BCUT2D eigenvalue weighted by Crippen LogP contribution is 2.29. The molecule has 5 nitrogen and oxygen atoms in total. The van der Waals surface area contributed by atoms with E-state index in [4.69, 9.17) is 9.47 Å². The van der Waals surface area contributed by atoms with Crippen molar-refractivity contribution in [2.24, 2.45) is 0 Å². The Kier molecular flexibility index (Phi) is 5.86. The van der Waals surface area contributed by atoms with Crippen molar-refractivity contribution in [3.63, 3.8) is 0 Å². The van der Waals surface area contributed by atoms with E-state index < -0.39 is 0 Å². The molecule has 0 saturated heterocycles. The van der Waals surface area contributed by atoms with Crippen molar-refractivity contribution < 1.29 is 14.3 Å². The predicted molar refractivity (Wildman–Crippen MR) is 92.5 cm³/mol. The first-order chi connectivity index (χ1) is 11.2. The van der Waals surface area contributed by atoms with E-state index >= 15 is 0 Å². The Morgan fingerprint density at radius 2 is 1.74 bits per heavy atom. The van der Waals surface area contributed by atoms with E-state index in [9.17, 15) is 4.79 Å². The summed E-state index contributed by atoms with van der Waals surface area (Å²) in [6, 6.07) is 15.2. The van der Waals surface area contributed by atoms with Gasteiger partial charge in [0.1, 0.15) is 0 Å². The fraction of sp³-hybridized carbons (Fsp3) is 0.278. The van der Waals surface area contributed by atoms with Crippen LogP contribution in [0.4, 0.5) is 11.4 Å². The van der Waals surface area contributed by atoms with Gasteiger partial charge in [0.15, 0.2) is 11.5 Å². The van der Waals surface area contributed by atoms with Crippen molar-refractivity contribution in [1.82, 2.24) is 0 Å². The standard InChI is InChI=1S/C18H22N2O3/c1-20(15-7-5-4-6-8-15)18(21)11-12-19-14-9-10-16(22-2)17(13-14)23-3/h4-10,13,19H,11-12H2,1-3H3. The fourth-order valence-electron chi connectivity index (χ4n) is 2.22. The van der Waals surface area contributed by atoms with Gasteiger partial charge in [-0.1, -0.05) is 18.2 Å². The molecule has 1 N–H and O–H groups in total. The number of methoxy groups -OCH3 is 2. The van der Waals surface area contributed by atoms with Crippen LogP contribution in [0.5, 0.6) is 11.5 Å². The van der Waals surface area contributed by atoms with Gasteiger partial charge in [-0.25, -0.2) is 0 Å². The number of benzene rings is 2. The summed E-state index contributed by atoms with van der Waals surface area (Å²) in [5.41, 5.74) is 1.78. The normalized spacial score (nSPS) is 10.0. The van der Waals surface area contributed by atoms with Crippen molar-refractivity contribution in [1.29, 1.82) is 0 Å². The molecule has 0 aliphatic rings. The molecule has 0 bridgehead atoms. The number of nitrogens with one attached hydrogen (secondary N) is 1. The first kappa shape index (κ1) is 16.7. The second-order valence-electron chi connectivity index (χ2n) is 5.03. The molecule has 1 amide bonds. The molecule has 122 valence electrons. The number of hydrogen-bond acceptors (Lipinski definition) is 4. The molecule has 0 aliphatic carbocycles. The number of anilines is 2. The third-order valence-electron chi connectivity index (χ3n) is 3.57. The van der Waals surface area contributed by atoms with Crippen LogP contribution in [-0.4, -0.2) is 33.7 Å². The molecule has 0 saturated carbocycles. The second kappa shape index (κ2) is 8.08. The monoisotopic (exact) mass is 314 g/mol. The third kappa shape index (κ3) is 4.39. The van der Waals surface area contributed by atoms with Crippen LogP contribution in [-0.2, 0) is 4.79 Å². The summed E-state index contributed by atoms with van der Waals surface area (Å²) in [6.45, 7) is 0.547. The summed E-state index contributed by atoms with van der Waals surface area (Å²) >= 11 is 0. The average molecular weight is 314 g/mol. The minimum Gasteiger partial charge on any atom is -0.493 e. The van der Waals surface area contributed by atoms with E-state index in [0.29, 0.717) is 24.5 Å². The number of rotatable bonds is 7. The minimum atomic E-state index is 0.0594. The number of carbonyl (C=O) groups excluding carboxylic acids is 1. The number of amides is 1. The summed E-state index contributed by atoms with van der Waals surface area (Å²) in [6.07, 6.45) is 0.403. The van der Waals surface area contributed by atoms with E-state index in [1.54, 1.807) is 26.2 Å². The second-order valence-corrected chi connectivity index (χ2v) is 5.03. The lowest BCUT2D eigenvalue weighted by molar-refractivity contribution is -0.118. The van der Waals surface area contributed by atoms with Gasteiger partial charge in [-0.2, -0.15) is 0 Å². The van der Waals surface area contributed by atoms with Crippen molar-refractivity contribution in [3.05, 3.63) is 48.5 Å². The molecule has 0 atom stereocenters. The lowest BCUT2D eigenvalue weighted by Gasteiger charge is -2.17. The molecule has 0 spiro atoms. The summed E-state index contributed by atoms with van der Waals surface area (Å²) in [5.74, 6) is 1.40. The molecular weight excluding hydrogens is 292 g/mol. The molecule has 0 unspecified atom stereocenters. The molecule has 23 heavy (non-hydrogen) atoms. The summed E-state index contributed by atoms with van der Waals surface area (Å²) in [4.78, 5) is 13.9. The largest absolute Gasteiger partial charge is 0.493 e. The van der Waals surface area contributed by atoms with E-state index in [0.717, 1.165) is 11.4 Å². The zero-order valence-corrected chi connectivity index (χ0v) is 13.7. The predicted octanol–water partition coefficient (Wildman–Crippen LogP) is 3.17. The number of nitrogens with zero attached hydrogens (tertiary/aromatic N) is 1. The van der Waals surface area contributed by atoms with Crippen LogP contribution in [0.3, 0.4) is 0 Å². The Hall–Kier alpha value is -2.69. The summed E-state index contributed by atoms with van der Waals surface area (Å²) in [7, 11) is 4.98. The van der Waals surface area contributed by atoms with Gasteiger partial charge in [0.2, 0.25) is 5.91 Å². The van der Waals surface area contributed by atoms with Crippen molar-refractivity contribution in [2.45, 2.75) is 6.42 Å². The van der Waals surface area contributed by atoms with E-state index in [1.165, 1.54) is 0 Å². The molecule has 2 aromatic rings. The van der Waals surface area contributed by atoms with Crippen molar-refractivity contribution in [2.75, 3.05) is 38.0 Å². The zero-order valence-electron chi connectivity index (χ0n) is 13.7. The lowest BCUT2D eigenvalue weighted by atomic mass is 10.2. The van der Waals surface area contributed by atoms with E-state index in [1.807, 2.05) is 48.5 Å². The molecule has 0 aromatic heterocycles. The van der Waals surface area contributed by atoms with Crippen LogP contribution >= 0.6 is 0 Å². The number of hydrogen-bond donors (Lipinski definition) is 1. The van der Waals surface area contributed by atoms with Crippen molar-refractivity contribution >= 4 is 17.3 Å². The Morgan fingerprint density at radius 3 is 2.39 bits per heavy atom. The number of ether oxygens (including phenoxy) is 2. The zero-order chi connectivity index (χ0) is 16.7. The van der Waals surface area contributed by atoms with Crippen LogP contribution in [0, 0.1) is 0 Å². The molecule has 0 radical (unpaired) electrons. The summed E-state index contributed by atoms with van der Waals surface area (Å²) in [5, 5.41) is 3.22. The molecule has 2 aromatic carbocycles. The molecule has 0 aliphatic heterocycles. The van der Waals surface area contributed by atoms with Gasteiger partial charge in [0, 0.05) is 37.5 Å². The van der Waals surface area contributed by atoms with Gasteiger partial charge in [0.25, 0.3) is 0 Å². The minimum absolute atomic E-state index is 0.0594. The highest BCUT2D eigenvalue weighted by molar-refractivity contribution is 5.93. The fourth-order valence-corrected chi connectivity index (χ4v) is 2.22. The Labute approximate surface area is 136 Å². The SMILES string of the molecule is COc1ccc(NCCC(=O)N(C)c2ccccc2)cc1OC. The lowest BCUT2D eigenvalue weighted by Crippen LogP contribution is -2.27. The third-order valence-corrected chi connectivity index (χ3v) is 3.57. The van der Waals surface area contributed by atoms with E-state index in [-0.39, 0.29) is 5.91 Å². The van der Waals surface area contributed by atoms with Gasteiger partial charge in [0.05, 0.1) is 14.2 Å². The first-order valence-corrected chi connectivity index (χ1v) is 7.43. The smallest absolute Gasteiger partial charge is 0.228 e. The quantitative estimate of drug-likeness (QED) is 0.853. The first-order valence-electron chi connectivity index (χ1n) is 7.43.